The van der Waals surface area contributed by atoms with Crippen molar-refractivity contribution in [2.45, 2.75) is 6.92 Å². The van der Waals surface area contributed by atoms with Crippen molar-refractivity contribution in [3.05, 3.63) is 21.6 Å². The smallest absolute Gasteiger partial charge is 0.200 e. The number of thiophene rings is 1. The Balaban J connectivity index is 2.61. The molecule has 74 valence electrons. The molecule has 0 aliphatic rings. The highest BCUT2D eigenvalue weighted by Crippen LogP contribution is 2.33. The van der Waals surface area contributed by atoms with Gasteiger partial charge in [-0.25, -0.2) is 4.98 Å². The Kier molecular flexibility index (Phi) is 2.36. The highest BCUT2D eigenvalue weighted by molar-refractivity contribution is 9.11. The summed E-state index contributed by atoms with van der Waals surface area (Å²) >= 11 is 5.13. The van der Waals surface area contributed by atoms with E-state index in [-0.39, 0.29) is 0 Å². The van der Waals surface area contributed by atoms with E-state index in [1.807, 2.05) is 24.6 Å². The number of nitrogen functional groups attached to an aromatic ring is 1. The van der Waals surface area contributed by atoms with Crippen LogP contribution in [-0.4, -0.2) is 9.55 Å². The van der Waals surface area contributed by atoms with Crippen molar-refractivity contribution < 1.29 is 0 Å². The number of rotatable bonds is 1. The van der Waals surface area contributed by atoms with Crippen LogP contribution in [0.3, 0.4) is 0 Å². The van der Waals surface area contributed by atoms with Crippen molar-refractivity contribution in [2.24, 2.45) is 7.05 Å². The Bertz CT molecular complexity index is 472. The van der Waals surface area contributed by atoms with Gasteiger partial charge in [-0.2, -0.15) is 0 Å². The molecule has 0 bridgehead atoms. The Labute approximate surface area is 94.7 Å². The fourth-order valence-corrected chi connectivity index (χ4v) is 2.96. The maximum atomic E-state index is 5.73. The molecule has 0 atom stereocenters. The van der Waals surface area contributed by atoms with Gasteiger partial charge in [0.15, 0.2) is 0 Å². The van der Waals surface area contributed by atoms with Gasteiger partial charge in [0, 0.05) is 7.05 Å². The lowest BCUT2D eigenvalue weighted by Gasteiger charge is -2.00. The molecular formula is C9H10BrN3S. The first-order valence-electron chi connectivity index (χ1n) is 4.14. The van der Waals surface area contributed by atoms with Gasteiger partial charge in [0.1, 0.15) is 0 Å². The second-order valence-electron chi connectivity index (χ2n) is 3.07. The summed E-state index contributed by atoms with van der Waals surface area (Å²) in [6.45, 7) is 1.97. The summed E-state index contributed by atoms with van der Waals surface area (Å²) in [6, 6.07) is 4.10. The van der Waals surface area contributed by atoms with Crippen LogP contribution >= 0.6 is 27.3 Å². The molecule has 0 aromatic carbocycles. The van der Waals surface area contributed by atoms with Crippen LogP contribution in [0.25, 0.3) is 10.6 Å². The summed E-state index contributed by atoms with van der Waals surface area (Å²) in [7, 11) is 1.93. The summed E-state index contributed by atoms with van der Waals surface area (Å²) in [6.07, 6.45) is 0. The standard InChI is InChI=1S/C9H10BrN3S/c1-5-8(13(2)9(11)12-5)6-3-4-7(10)14-6/h3-4H,1-2H3,(H2,11,12). The van der Waals surface area contributed by atoms with E-state index in [0.29, 0.717) is 5.95 Å². The van der Waals surface area contributed by atoms with Gasteiger partial charge in [-0.3, -0.25) is 0 Å². The Morgan fingerprint density at radius 3 is 2.64 bits per heavy atom. The monoisotopic (exact) mass is 271 g/mol. The molecular weight excluding hydrogens is 262 g/mol. The molecule has 0 saturated heterocycles. The Morgan fingerprint density at radius 2 is 2.21 bits per heavy atom. The van der Waals surface area contributed by atoms with E-state index < -0.39 is 0 Å². The van der Waals surface area contributed by atoms with Crippen LogP contribution in [0.15, 0.2) is 15.9 Å². The van der Waals surface area contributed by atoms with Gasteiger partial charge in [-0.15, -0.1) is 11.3 Å². The molecule has 0 aliphatic heterocycles. The van der Waals surface area contributed by atoms with E-state index in [4.69, 9.17) is 5.73 Å². The van der Waals surface area contributed by atoms with Crippen molar-refractivity contribution in [1.29, 1.82) is 0 Å². The fourth-order valence-electron chi connectivity index (χ4n) is 1.44. The van der Waals surface area contributed by atoms with Crippen LogP contribution in [0, 0.1) is 6.92 Å². The molecule has 2 heterocycles. The van der Waals surface area contributed by atoms with Gasteiger partial charge >= 0.3 is 0 Å². The third-order valence-corrected chi connectivity index (χ3v) is 3.74. The molecule has 2 aromatic rings. The minimum Gasteiger partial charge on any atom is -0.369 e. The molecule has 14 heavy (non-hydrogen) atoms. The first kappa shape index (κ1) is 9.73. The molecule has 0 saturated carbocycles. The zero-order valence-electron chi connectivity index (χ0n) is 7.91. The molecule has 2 aromatic heterocycles. The van der Waals surface area contributed by atoms with Gasteiger partial charge in [0.05, 0.1) is 20.1 Å². The maximum absolute atomic E-state index is 5.73. The molecule has 0 spiro atoms. The molecule has 2 N–H and O–H groups in total. The summed E-state index contributed by atoms with van der Waals surface area (Å²) in [5.74, 6) is 0.557. The minimum atomic E-state index is 0.557. The number of imidazole rings is 1. The number of aryl methyl sites for hydroxylation is 1. The lowest BCUT2D eigenvalue weighted by Crippen LogP contribution is -1.97. The largest absolute Gasteiger partial charge is 0.369 e. The fraction of sp³-hybridized carbons (Fsp3) is 0.222. The summed E-state index contributed by atoms with van der Waals surface area (Å²) in [5.41, 5.74) is 7.80. The first-order valence-corrected chi connectivity index (χ1v) is 5.75. The number of halogens is 1. The van der Waals surface area contributed by atoms with Gasteiger partial charge in [0.25, 0.3) is 0 Å². The topological polar surface area (TPSA) is 43.8 Å². The summed E-state index contributed by atoms with van der Waals surface area (Å²) in [5, 5.41) is 0. The summed E-state index contributed by atoms with van der Waals surface area (Å²) < 4.78 is 3.03. The van der Waals surface area contributed by atoms with E-state index in [9.17, 15) is 0 Å². The van der Waals surface area contributed by atoms with Gasteiger partial charge in [-0.1, -0.05) is 0 Å². The van der Waals surface area contributed by atoms with Gasteiger partial charge < -0.3 is 10.3 Å². The van der Waals surface area contributed by atoms with Gasteiger partial charge in [-0.05, 0) is 35.0 Å². The van der Waals surface area contributed by atoms with E-state index in [1.54, 1.807) is 11.3 Å². The average molecular weight is 272 g/mol. The molecule has 0 amide bonds. The van der Waals surface area contributed by atoms with Crippen LogP contribution in [0.5, 0.6) is 0 Å². The van der Waals surface area contributed by atoms with Crippen molar-refractivity contribution >= 4 is 33.2 Å². The molecule has 3 nitrogen and oxygen atoms in total. The quantitative estimate of drug-likeness (QED) is 0.867. The molecule has 0 unspecified atom stereocenters. The number of hydrogen-bond donors (Lipinski definition) is 1. The van der Waals surface area contributed by atoms with Crippen molar-refractivity contribution in [3.8, 4) is 10.6 Å². The van der Waals surface area contributed by atoms with E-state index in [0.717, 1.165) is 15.2 Å². The van der Waals surface area contributed by atoms with Gasteiger partial charge in [0.2, 0.25) is 5.95 Å². The second kappa shape index (κ2) is 3.40. The number of nitrogens with zero attached hydrogens (tertiary/aromatic N) is 2. The second-order valence-corrected chi connectivity index (χ2v) is 5.53. The summed E-state index contributed by atoms with van der Waals surface area (Å²) in [4.78, 5) is 5.41. The highest BCUT2D eigenvalue weighted by Gasteiger charge is 2.12. The number of hydrogen-bond acceptors (Lipinski definition) is 3. The third kappa shape index (κ3) is 1.46. The number of nitrogens with two attached hydrogens (primary N) is 1. The Hall–Kier alpha value is -0.810. The van der Waals surface area contributed by atoms with E-state index in [2.05, 4.69) is 27.0 Å². The van der Waals surface area contributed by atoms with E-state index in [1.165, 1.54) is 4.88 Å². The average Bonchev–Trinajstić information content (AvgIpc) is 2.60. The van der Waals surface area contributed by atoms with Crippen LogP contribution in [0.2, 0.25) is 0 Å². The molecule has 0 aliphatic carbocycles. The van der Waals surface area contributed by atoms with E-state index >= 15 is 0 Å². The van der Waals surface area contributed by atoms with Crippen LogP contribution in [0.4, 0.5) is 5.95 Å². The van der Waals surface area contributed by atoms with Crippen molar-refractivity contribution in [1.82, 2.24) is 9.55 Å². The third-order valence-electron chi connectivity index (χ3n) is 2.11. The Morgan fingerprint density at radius 1 is 1.50 bits per heavy atom. The van der Waals surface area contributed by atoms with Crippen molar-refractivity contribution in [3.63, 3.8) is 0 Å². The molecule has 2 rings (SSSR count). The number of anilines is 1. The lowest BCUT2D eigenvalue weighted by atomic mass is 10.3. The zero-order chi connectivity index (χ0) is 10.3. The maximum Gasteiger partial charge on any atom is 0.200 e. The van der Waals surface area contributed by atoms with Crippen LogP contribution in [-0.2, 0) is 7.05 Å². The SMILES string of the molecule is Cc1nc(N)n(C)c1-c1ccc(Br)s1. The molecule has 5 heteroatoms. The molecule has 0 radical (unpaired) electrons. The van der Waals surface area contributed by atoms with Crippen LogP contribution in [0.1, 0.15) is 5.69 Å². The predicted octanol–water partition coefficient (Wildman–Crippen LogP) is 2.80. The minimum absolute atomic E-state index is 0.557. The normalized spacial score (nSPS) is 10.8. The first-order chi connectivity index (χ1) is 6.59. The number of aromatic nitrogens is 2. The lowest BCUT2D eigenvalue weighted by molar-refractivity contribution is 0.940. The van der Waals surface area contributed by atoms with Crippen LogP contribution < -0.4 is 5.73 Å². The zero-order valence-corrected chi connectivity index (χ0v) is 10.3. The molecule has 0 fully saturated rings. The van der Waals surface area contributed by atoms with Crippen molar-refractivity contribution in [2.75, 3.05) is 5.73 Å². The predicted molar refractivity (Wildman–Crippen MR) is 63.4 cm³/mol. The highest BCUT2D eigenvalue weighted by atomic mass is 79.9.